The Kier molecular flexibility index (Phi) is 4.79. The Morgan fingerprint density at radius 3 is 2.75 bits per heavy atom. The molecule has 1 amide bonds. The first-order chi connectivity index (χ1) is 7.65. The van der Waals surface area contributed by atoms with Gasteiger partial charge in [0.05, 0.1) is 13.0 Å². The van der Waals surface area contributed by atoms with Crippen molar-refractivity contribution >= 4 is 5.91 Å². The van der Waals surface area contributed by atoms with Crippen LogP contribution in [0.5, 0.6) is 5.75 Å². The number of hydrazine groups is 1. The Bertz CT molecular complexity index is 351. The van der Waals surface area contributed by atoms with Crippen LogP contribution in [-0.4, -0.2) is 12.5 Å². The molecular weight excluding hydrogens is 204 g/mol. The maximum absolute atomic E-state index is 10.9. The summed E-state index contributed by atoms with van der Waals surface area (Å²) in [6, 6.07) is 7.84. The van der Waals surface area contributed by atoms with Crippen LogP contribution in [0, 0.1) is 0 Å². The van der Waals surface area contributed by atoms with Crippen LogP contribution in [-0.2, 0) is 4.79 Å². The number of nitrogens with one attached hydrogen (secondary N) is 1. The zero-order valence-electron chi connectivity index (χ0n) is 9.69. The molecule has 1 aromatic carbocycles. The second kappa shape index (κ2) is 6.12. The summed E-state index contributed by atoms with van der Waals surface area (Å²) in [6.45, 7) is 4.55. The van der Waals surface area contributed by atoms with E-state index in [1.807, 2.05) is 24.3 Å². The fourth-order valence-electron chi connectivity index (χ4n) is 1.41. The highest BCUT2D eigenvalue weighted by molar-refractivity contribution is 5.75. The monoisotopic (exact) mass is 222 g/mol. The zero-order chi connectivity index (χ0) is 12.0. The molecule has 0 saturated carbocycles. The van der Waals surface area contributed by atoms with Gasteiger partial charge in [-0.1, -0.05) is 32.0 Å². The van der Waals surface area contributed by atoms with Crippen molar-refractivity contribution in [3.8, 4) is 5.75 Å². The second-order valence-corrected chi connectivity index (χ2v) is 3.86. The predicted molar refractivity (Wildman–Crippen MR) is 63.0 cm³/mol. The maximum atomic E-state index is 10.9. The van der Waals surface area contributed by atoms with Gasteiger partial charge in [0.2, 0.25) is 5.91 Å². The van der Waals surface area contributed by atoms with Crippen molar-refractivity contribution in [2.24, 2.45) is 5.84 Å². The summed E-state index contributed by atoms with van der Waals surface area (Å²) in [5, 5.41) is 0. The van der Waals surface area contributed by atoms with Crippen molar-refractivity contribution in [1.29, 1.82) is 0 Å². The van der Waals surface area contributed by atoms with E-state index in [1.54, 1.807) is 0 Å². The molecule has 0 heterocycles. The number of ether oxygens (including phenoxy) is 1. The van der Waals surface area contributed by atoms with Crippen LogP contribution in [0.4, 0.5) is 0 Å². The number of hydrogen-bond donors (Lipinski definition) is 2. The molecule has 0 fully saturated rings. The minimum absolute atomic E-state index is 0.220. The van der Waals surface area contributed by atoms with E-state index in [-0.39, 0.29) is 12.3 Å². The highest BCUT2D eigenvalue weighted by Gasteiger charge is 2.07. The van der Waals surface area contributed by atoms with Crippen LogP contribution < -0.4 is 16.0 Å². The summed E-state index contributed by atoms with van der Waals surface area (Å²) in [5.41, 5.74) is 3.22. The fraction of sp³-hybridized carbons (Fsp3) is 0.417. The van der Waals surface area contributed by atoms with Gasteiger partial charge in [0.15, 0.2) is 0 Å². The minimum atomic E-state index is -0.220. The predicted octanol–water partition coefficient (Wildman–Crippen LogP) is 1.57. The van der Waals surface area contributed by atoms with Gasteiger partial charge in [-0.3, -0.25) is 10.2 Å². The standard InChI is InChI=1S/C12H18N2O2/c1-9(2)10-5-3-4-6-11(10)16-8-7-12(15)14-13/h3-6,9H,7-8,13H2,1-2H3,(H,14,15). The topological polar surface area (TPSA) is 64.3 Å². The van der Waals surface area contributed by atoms with E-state index in [0.717, 1.165) is 11.3 Å². The Morgan fingerprint density at radius 1 is 1.44 bits per heavy atom. The summed E-state index contributed by atoms with van der Waals surface area (Å²) in [7, 11) is 0. The molecule has 3 N–H and O–H groups in total. The molecule has 0 unspecified atom stereocenters. The number of para-hydroxylation sites is 1. The molecule has 4 heteroatoms. The molecule has 88 valence electrons. The van der Waals surface area contributed by atoms with Gasteiger partial charge in [0, 0.05) is 0 Å². The molecule has 0 aliphatic rings. The summed E-state index contributed by atoms with van der Waals surface area (Å²) < 4.78 is 5.55. The molecule has 1 aromatic rings. The van der Waals surface area contributed by atoms with E-state index in [9.17, 15) is 4.79 Å². The average Bonchev–Trinajstić information content (AvgIpc) is 2.29. The first-order valence-corrected chi connectivity index (χ1v) is 5.36. The molecule has 0 radical (unpaired) electrons. The quantitative estimate of drug-likeness (QED) is 0.451. The molecule has 0 aromatic heterocycles. The van der Waals surface area contributed by atoms with Crippen molar-refractivity contribution in [2.75, 3.05) is 6.61 Å². The SMILES string of the molecule is CC(C)c1ccccc1OCCC(=O)NN. The van der Waals surface area contributed by atoms with Crippen LogP contribution >= 0.6 is 0 Å². The van der Waals surface area contributed by atoms with Crippen molar-refractivity contribution in [2.45, 2.75) is 26.2 Å². The first-order valence-electron chi connectivity index (χ1n) is 5.36. The lowest BCUT2D eigenvalue weighted by molar-refractivity contribution is -0.121. The van der Waals surface area contributed by atoms with E-state index in [0.29, 0.717) is 12.5 Å². The molecule has 1 rings (SSSR count). The third-order valence-electron chi connectivity index (χ3n) is 2.29. The van der Waals surface area contributed by atoms with Gasteiger partial charge in [-0.2, -0.15) is 0 Å². The van der Waals surface area contributed by atoms with Gasteiger partial charge in [-0.25, -0.2) is 5.84 Å². The molecule has 0 atom stereocenters. The molecular formula is C12H18N2O2. The first kappa shape index (κ1) is 12.5. The number of rotatable bonds is 5. The summed E-state index contributed by atoms with van der Waals surface area (Å²) in [6.07, 6.45) is 0.267. The van der Waals surface area contributed by atoms with Crippen molar-refractivity contribution < 1.29 is 9.53 Å². The Hall–Kier alpha value is -1.55. The van der Waals surface area contributed by atoms with Gasteiger partial charge < -0.3 is 4.74 Å². The summed E-state index contributed by atoms with van der Waals surface area (Å²) in [5.74, 6) is 5.99. The van der Waals surface area contributed by atoms with Crippen molar-refractivity contribution in [3.63, 3.8) is 0 Å². The molecule has 0 aliphatic carbocycles. The van der Waals surface area contributed by atoms with Crippen molar-refractivity contribution in [3.05, 3.63) is 29.8 Å². The minimum Gasteiger partial charge on any atom is -0.493 e. The van der Waals surface area contributed by atoms with Gasteiger partial charge in [-0.15, -0.1) is 0 Å². The number of hydrogen-bond acceptors (Lipinski definition) is 3. The smallest absolute Gasteiger partial charge is 0.237 e. The third kappa shape index (κ3) is 3.55. The van der Waals surface area contributed by atoms with E-state index >= 15 is 0 Å². The van der Waals surface area contributed by atoms with Crippen LogP contribution in [0.25, 0.3) is 0 Å². The van der Waals surface area contributed by atoms with E-state index in [1.165, 1.54) is 0 Å². The van der Waals surface area contributed by atoms with E-state index in [2.05, 4.69) is 19.3 Å². The lowest BCUT2D eigenvalue weighted by Gasteiger charge is -2.13. The molecule has 0 saturated heterocycles. The Balaban J connectivity index is 2.56. The summed E-state index contributed by atoms with van der Waals surface area (Å²) >= 11 is 0. The highest BCUT2D eigenvalue weighted by Crippen LogP contribution is 2.25. The summed E-state index contributed by atoms with van der Waals surface area (Å²) in [4.78, 5) is 10.9. The number of carbonyl (C=O) groups excluding carboxylic acids is 1. The molecule has 16 heavy (non-hydrogen) atoms. The van der Waals surface area contributed by atoms with Crippen LogP contribution in [0.1, 0.15) is 31.7 Å². The number of amides is 1. The molecule has 0 bridgehead atoms. The van der Waals surface area contributed by atoms with E-state index in [4.69, 9.17) is 10.6 Å². The van der Waals surface area contributed by atoms with E-state index < -0.39 is 0 Å². The Morgan fingerprint density at radius 2 is 2.12 bits per heavy atom. The maximum Gasteiger partial charge on any atom is 0.237 e. The van der Waals surface area contributed by atoms with Crippen LogP contribution in [0.15, 0.2) is 24.3 Å². The van der Waals surface area contributed by atoms with Gasteiger partial charge >= 0.3 is 0 Å². The number of benzene rings is 1. The lowest BCUT2D eigenvalue weighted by Crippen LogP contribution is -2.31. The molecule has 4 nitrogen and oxygen atoms in total. The largest absolute Gasteiger partial charge is 0.493 e. The van der Waals surface area contributed by atoms with Gasteiger partial charge in [-0.05, 0) is 17.5 Å². The average molecular weight is 222 g/mol. The molecule has 0 aliphatic heterocycles. The van der Waals surface area contributed by atoms with Gasteiger partial charge in [0.25, 0.3) is 0 Å². The normalized spacial score (nSPS) is 10.2. The van der Waals surface area contributed by atoms with Crippen LogP contribution in [0.2, 0.25) is 0 Å². The van der Waals surface area contributed by atoms with Crippen molar-refractivity contribution in [1.82, 2.24) is 5.43 Å². The fourth-order valence-corrected chi connectivity index (χ4v) is 1.41. The second-order valence-electron chi connectivity index (χ2n) is 3.86. The Labute approximate surface area is 95.8 Å². The van der Waals surface area contributed by atoms with Gasteiger partial charge in [0.1, 0.15) is 5.75 Å². The number of nitrogens with two attached hydrogens (primary N) is 1. The lowest BCUT2D eigenvalue weighted by atomic mass is 10.0. The zero-order valence-corrected chi connectivity index (χ0v) is 9.69. The number of carbonyl (C=O) groups is 1. The molecule has 0 spiro atoms. The highest BCUT2D eigenvalue weighted by atomic mass is 16.5. The third-order valence-corrected chi connectivity index (χ3v) is 2.29. The van der Waals surface area contributed by atoms with Crippen LogP contribution in [0.3, 0.4) is 0 Å².